The first-order valence-electron chi connectivity index (χ1n) is 11.4. The Morgan fingerprint density at radius 3 is 2.24 bits per heavy atom. The molecule has 5 nitrogen and oxygen atoms in total. The Bertz CT molecular complexity index is 1140. The van der Waals surface area contributed by atoms with Gasteiger partial charge in [-0.1, -0.05) is 60.4 Å². The van der Waals surface area contributed by atoms with Crippen LogP contribution in [0.3, 0.4) is 0 Å². The van der Waals surface area contributed by atoms with Gasteiger partial charge in [-0.25, -0.2) is 4.79 Å². The van der Waals surface area contributed by atoms with Gasteiger partial charge in [0.25, 0.3) is 0 Å². The molecule has 1 amide bonds. The number of piperazine rings is 1. The highest BCUT2D eigenvalue weighted by Crippen LogP contribution is 2.44. The molecule has 0 spiro atoms. The van der Waals surface area contributed by atoms with Crippen LogP contribution in [0.25, 0.3) is 11.1 Å². The summed E-state index contributed by atoms with van der Waals surface area (Å²) in [5.74, 6) is 6.17. The van der Waals surface area contributed by atoms with E-state index in [1.807, 2.05) is 36.4 Å². The smallest absolute Gasteiger partial charge is 0.407 e. The number of nitrogens with zero attached hydrogens (tertiary/aromatic N) is 1. The summed E-state index contributed by atoms with van der Waals surface area (Å²) in [7, 11) is 0. The summed E-state index contributed by atoms with van der Waals surface area (Å²) in [5, 5.41) is 6.10. The molecule has 0 unspecified atom stereocenters. The molecular weight excluding hydrogens is 410 g/mol. The molecule has 3 aromatic carbocycles. The van der Waals surface area contributed by atoms with E-state index in [1.54, 1.807) is 0 Å². The Hall–Kier alpha value is -3.75. The van der Waals surface area contributed by atoms with Crippen LogP contribution in [-0.4, -0.2) is 45.4 Å². The Labute approximate surface area is 194 Å². The van der Waals surface area contributed by atoms with Crippen LogP contribution in [0.5, 0.6) is 0 Å². The zero-order chi connectivity index (χ0) is 22.5. The standard InChI is InChI=1S/C28H27N3O2/c32-28(30-15-5-6-21-11-13-22(14-12-21)31-18-16-29-17-19-31)33-20-27-25-9-3-1-7-23(25)24-8-2-4-10-26(24)27/h1-4,7-14,27,29H,15-20H2,(H,30,32). The van der Waals surface area contributed by atoms with Gasteiger partial charge in [0.15, 0.2) is 0 Å². The second-order valence-electron chi connectivity index (χ2n) is 8.26. The number of carbonyl (C=O) groups excluding carboxylic acids is 1. The molecule has 0 atom stereocenters. The molecule has 33 heavy (non-hydrogen) atoms. The highest BCUT2D eigenvalue weighted by atomic mass is 16.5. The maximum Gasteiger partial charge on any atom is 0.407 e. The van der Waals surface area contributed by atoms with Crippen LogP contribution in [0.2, 0.25) is 0 Å². The summed E-state index contributed by atoms with van der Waals surface area (Å²) in [6, 6.07) is 24.9. The second kappa shape index (κ2) is 9.81. The molecule has 2 N–H and O–H groups in total. The molecule has 3 aromatic rings. The van der Waals surface area contributed by atoms with E-state index in [-0.39, 0.29) is 12.5 Å². The van der Waals surface area contributed by atoms with Crippen molar-refractivity contribution in [2.24, 2.45) is 0 Å². The summed E-state index contributed by atoms with van der Waals surface area (Å²) in [6.07, 6.45) is -0.444. The Kier molecular flexibility index (Phi) is 6.27. The third-order valence-corrected chi connectivity index (χ3v) is 6.25. The highest BCUT2D eigenvalue weighted by molar-refractivity contribution is 5.79. The molecule has 1 heterocycles. The van der Waals surface area contributed by atoms with Crippen LogP contribution < -0.4 is 15.5 Å². The number of amides is 1. The zero-order valence-corrected chi connectivity index (χ0v) is 18.5. The number of fused-ring (bicyclic) bond motifs is 3. The molecular formula is C28H27N3O2. The molecule has 1 saturated heterocycles. The van der Waals surface area contributed by atoms with Crippen molar-refractivity contribution in [2.75, 3.05) is 44.2 Å². The fourth-order valence-electron chi connectivity index (χ4n) is 4.59. The summed E-state index contributed by atoms with van der Waals surface area (Å²) in [5.41, 5.74) is 7.00. The topological polar surface area (TPSA) is 53.6 Å². The number of rotatable bonds is 4. The first-order chi connectivity index (χ1) is 16.3. The number of hydrogen-bond acceptors (Lipinski definition) is 4. The number of carbonyl (C=O) groups is 1. The van der Waals surface area contributed by atoms with Crippen molar-refractivity contribution in [3.63, 3.8) is 0 Å². The largest absolute Gasteiger partial charge is 0.449 e. The first-order valence-corrected chi connectivity index (χ1v) is 11.4. The maximum absolute atomic E-state index is 12.2. The van der Waals surface area contributed by atoms with E-state index in [0.29, 0.717) is 6.61 Å². The maximum atomic E-state index is 12.2. The van der Waals surface area contributed by atoms with Gasteiger partial charge < -0.3 is 20.3 Å². The van der Waals surface area contributed by atoms with Crippen molar-refractivity contribution < 1.29 is 9.53 Å². The van der Waals surface area contributed by atoms with Crippen molar-refractivity contribution in [2.45, 2.75) is 5.92 Å². The number of anilines is 1. The lowest BCUT2D eigenvalue weighted by molar-refractivity contribution is 0.144. The Morgan fingerprint density at radius 2 is 1.58 bits per heavy atom. The van der Waals surface area contributed by atoms with E-state index >= 15 is 0 Å². The molecule has 1 fully saturated rings. The van der Waals surface area contributed by atoms with Gasteiger partial charge >= 0.3 is 6.09 Å². The minimum Gasteiger partial charge on any atom is -0.449 e. The van der Waals surface area contributed by atoms with Gasteiger partial charge in [0.1, 0.15) is 6.61 Å². The number of nitrogens with one attached hydrogen (secondary N) is 2. The molecule has 1 aliphatic carbocycles. The minimum atomic E-state index is -0.444. The lowest BCUT2D eigenvalue weighted by Gasteiger charge is -2.29. The summed E-state index contributed by atoms with van der Waals surface area (Å²) in [6.45, 7) is 4.63. The van der Waals surface area contributed by atoms with Gasteiger partial charge in [-0.15, -0.1) is 0 Å². The van der Waals surface area contributed by atoms with E-state index in [2.05, 4.69) is 63.8 Å². The predicted octanol–water partition coefficient (Wildman–Crippen LogP) is 3.99. The lowest BCUT2D eigenvalue weighted by atomic mass is 9.98. The van der Waals surface area contributed by atoms with Crippen molar-refractivity contribution in [1.29, 1.82) is 0 Å². The molecule has 0 aromatic heterocycles. The fraction of sp³-hybridized carbons (Fsp3) is 0.250. The number of alkyl carbamates (subject to hydrolysis) is 1. The monoisotopic (exact) mass is 437 g/mol. The van der Waals surface area contributed by atoms with Crippen molar-refractivity contribution in [1.82, 2.24) is 10.6 Å². The summed E-state index contributed by atoms with van der Waals surface area (Å²) >= 11 is 0. The van der Waals surface area contributed by atoms with Crippen LogP contribution in [0.1, 0.15) is 22.6 Å². The van der Waals surface area contributed by atoms with Crippen molar-refractivity contribution in [3.05, 3.63) is 89.5 Å². The fourth-order valence-corrected chi connectivity index (χ4v) is 4.59. The van der Waals surface area contributed by atoms with Crippen molar-refractivity contribution >= 4 is 11.8 Å². The SMILES string of the molecule is O=C(NCC#Cc1ccc(N2CCNCC2)cc1)OCC1c2ccccc2-c2ccccc21. The molecule has 5 rings (SSSR count). The zero-order valence-electron chi connectivity index (χ0n) is 18.5. The Morgan fingerprint density at radius 1 is 0.939 bits per heavy atom. The van der Waals surface area contributed by atoms with Gasteiger partial charge in [0.05, 0.1) is 6.54 Å². The van der Waals surface area contributed by atoms with Gasteiger partial charge in [-0.05, 0) is 46.5 Å². The normalized spacial score (nSPS) is 14.6. The van der Waals surface area contributed by atoms with Crippen LogP contribution >= 0.6 is 0 Å². The average molecular weight is 438 g/mol. The third kappa shape index (κ3) is 4.72. The van der Waals surface area contributed by atoms with Crippen LogP contribution in [0, 0.1) is 11.8 Å². The predicted molar refractivity (Wildman–Crippen MR) is 131 cm³/mol. The molecule has 166 valence electrons. The highest BCUT2D eigenvalue weighted by Gasteiger charge is 2.28. The number of benzene rings is 3. The summed E-state index contributed by atoms with van der Waals surface area (Å²) < 4.78 is 5.55. The van der Waals surface area contributed by atoms with E-state index < -0.39 is 6.09 Å². The Balaban J connectivity index is 1.12. The van der Waals surface area contributed by atoms with Crippen LogP contribution in [0.4, 0.5) is 10.5 Å². The number of hydrogen-bond donors (Lipinski definition) is 2. The molecule has 5 heteroatoms. The van der Waals surface area contributed by atoms with Crippen LogP contribution in [0.15, 0.2) is 72.8 Å². The van der Waals surface area contributed by atoms with E-state index in [9.17, 15) is 4.79 Å². The van der Waals surface area contributed by atoms with Gasteiger partial charge in [0, 0.05) is 43.3 Å². The molecule has 1 aliphatic heterocycles. The van der Waals surface area contributed by atoms with Crippen molar-refractivity contribution in [3.8, 4) is 23.0 Å². The quantitative estimate of drug-likeness (QED) is 0.606. The first kappa shape index (κ1) is 21.1. The van der Waals surface area contributed by atoms with Gasteiger partial charge in [0.2, 0.25) is 0 Å². The van der Waals surface area contributed by atoms with Gasteiger partial charge in [-0.2, -0.15) is 0 Å². The lowest BCUT2D eigenvalue weighted by Crippen LogP contribution is -2.43. The minimum absolute atomic E-state index is 0.0587. The van der Waals surface area contributed by atoms with Gasteiger partial charge in [-0.3, -0.25) is 0 Å². The summed E-state index contributed by atoms with van der Waals surface area (Å²) in [4.78, 5) is 14.6. The second-order valence-corrected chi connectivity index (χ2v) is 8.26. The third-order valence-electron chi connectivity index (χ3n) is 6.25. The molecule has 2 aliphatic rings. The van der Waals surface area contributed by atoms with Crippen LogP contribution in [-0.2, 0) is 4.74 Å². The van der Waals surface area contributed by atoms with E-state index in [1.165, 1.54) is 27.9 Å². The average Bonchev–Trinajstić information content (AvgIpc) is 3.20. The molecule has 0 radical (unpaired) electrons. The van der Waals surface area contributed by atoms with E-state index in [4.69, 9.17) is 4.74 Å². The molecule has 0 saturated carbocycles. The molecule has 0 bridgehead atoms. The van der Waals surface area contributed by atoms with E-state index in [0.717, 1.165) is 31.7 Å². The number of ether oxygens (including phenoxy) is 1.